The van der Waals surface area contributed by atoms with Crippen LogP contribution in [0.4, 0.5) is 0 Å². The number of thioether (sulfide) groups is 1. The Morgan fingerprint density at radius 1 is 1.15 bits per heavy atom. The van der Waals surface area contributed by atoms with Crippen molar-refractivity contribution in [3.63, 3.8) is 0 Å². The molecule has 2 aliphatic rings. The van der Waals surface area contributed by atoms with Gasteiger partial charge in [0.15, 0.2) is 0 Å². The second-order valence-corrected chi connectivity index (χ2v) is 9.21. The molecular formula is C22H33N3OS. The maximum absolute atomic E-state index is 10.1. The highest BCUT2D eigenvalue weighted by atomic mass is 32.2. The van der Waals surface area contributed by atoms with Gasteiger partial charge < -0.3 is 10.0 Å². The van der Waals surface area contributed by atoms with Crippen molar-refractivity contribution < 1.29 is 5.11 Å². The molecule has 4 nitrogen and oxygen atoms in total. The Hall–Kier alpha value is -1.06. The quantitative estimate of drug-likeness (QED) is 0.728. The highest BCUT2D eigenvalue weighted by molar-refractivity contribution is 7.98. The Labute approximate surface area is 168 Å². The second-order valence-electron chi connectivity index (χ2n) is 8.22. The topological polar surface area (TPSA) is 50.5 Å². The summed E-state index contributed by atoms with van der Waals surface area (Å²) in [6.45, 7) is 6.94. The highest BCUT2D eigenvalue weighted by Crippen LogP contribution is 2.45. The number of piperidine rings is 2. The first-order chi connectivity index (χ1) is 13.2. The van der Waals surface area contributed by atoms with E-state index < -0.39 is 0 Å². The summed E-state index contributed by atoms with van der Waals surface area (Å²) in [4.78, 5) is 5.11. The Morgan fingerprint density at radius 3 is 2.41 bits per heavy atom. The van der Waals surface area contributed by atoms with Crippen LogP contribution < -0.4 is 0 Å². The van der Waals surface area contributed by atoms with Gasteiger partial charge in [0.1, 0.15) is 0 Å². The molecule has 1 atom stereocenters. The summed E-state index contributed by atoms with van der Waals surface area (Å²) in [7, 11) is 0. The highest BCUT2D eigenvalue weighted by Gasteiger charge is 2.44. The monoisotopic (exact) mass is 387 g/mol. The standard InChI is InChI=1S/C22H33N3OS/c1-27-14-2-10-24-11-7-22(8-12-24)9-13-25(17-21(22)18-26)16-20-5-3-19(15-23)4-6-20/h3-6,21,26H,2,7-14,16-18H2,1H3/t21-/m1/s1. The summed E-state index contributed by atoms with van der Waals surface area (Å²) in [6.07, 6.45) is 7.15. The molecule has 0 bridgehead atoms. The summed E-state index contributed by atoms with van der Waals surface area (Å²) in [5.74, 6) is 1.64. The van der Waals surface area contributed by atoms with Gasteiger partial charge in [-0.2, -0.15) is 17.0 Å². The van der Waals surface area contributed by atoms with E-state index in [-0.39, 0.29) is 0 Å². The average Bonchev–Trinajstić information content (AvgIpc) is 2.72. The van der Waals surface area contributed by atoms with Crippen LogP contribution in [-0.2, 0) is 6.54 Å². The molecule has 0 amide bonds. The van der Waals surface area contributed by atoms with Crippen LogP contribution in [0.5, 0.6) is 0 Å². The first kappa shape index (κ1) is 20.7. The van der Waals surface area contributed by atoms with Gasteiger partial charge in [-0.05, 0) is 87.0 Å². The first-order valence-corrected chi connectivity index (χ1v) is 11.6. The van der Waals surface area contributed by atoms with Gasteiger partial charge in [0, 0.05) is 25.6 Å². The van der Waals surface area contributed by atoms with Gasteiger partial charge >= 0.3 is 0 Å². The number of aliphatic hydroxyl groups is 1. The first-order valence-electron chi connectivity index (χ1n) is 10.2. The van der Waals surface area contributed by atoms with Gasteiger partial charge in [0.25, 0.3) is 0 Å². The molecule has 0 radical (unpaired) electrons. The summed E-state index contributed by atoms with van der Waals surface area (Å²) >= 11 is 1.94. The molecule has 3 rings (SSSR count). The fourth-order valence-electron chi connectivity index (χ4n) is 4.83. The van der Waals surface area contributed by atoms with E-state index in [0.717, 1.165) is 19.6 Å². The third kappa shape index (κ3) is 5.26. The van der Waals surface area contributed by atoms with Crippen LogP contribution in [0.25, 0.3) is 0 Å². The van der Waals surface area contributed by atoms with Crippen LogP contribution >= 0.6 is 11.8 Å². The third-order valence-electron chi connectivity index (χ3n) is 6.65. The molecule has 27 heavy (non-hydrogen) atoms. The Balaban J connectivity index is 1.53. The Kier molecular flexibility index (Phi) is 7.60. The summed E-state index contributed by atoms with van der Waals surface area (Å²) < 4.78 is 0. The molecule has 1 aromatic rings. The number of rotatable bonds is 7. The molecule has 2 heterocycles. The SMILES string of the molecule is CSCCCN1CCC2(CC1)CCN(Cc1ccc(C#N)cc1)C[C@@H]2CO. The Bertz CT molecular complexity index is 619. The number of hydrogen-bond acceptors (Lipinski definition) is 5. The molecular weight excluding hydrogens is 354 g/mol. The molecule has 0 aliphatic carbocycles. The third-order valence-corrected chi connectivity index (χ3v) is 7.35. The van der Waals surface area contributed by atoms with E-state index in [1.807, 2.05) is 23.9 Å². The van der Waals surface area contributed by atoms with Gasteiger partial charge in [-0.25, -0.2) is 0 Å². The molecule has 2 saturated heterocycles. The van der Waals surface area contributed by atoms with Crippen molar-refractivity contribution in [2.24, 2.45) is 11.3 Å². The lowest BCUT2D eigenvalue weighted by Crippen LogP contribution is -2.53. The zero-order valence-corrected chi connectivity index (χ0v) is 17.4. The number of nitrogens with zero attached hydrogens (tertiary/aromatic N) is 3. The maximum atomic E-state index is 10.1. The molecule has 0 aromatic heterocycles. The molecule has 2 aliphatic heterocycles. The average molecular weight is 388 g/mol. The van der Waals surface area contributed by atoms with E-state index in [1.54, 1.807) is 0 Å². The van der Waals surface area contributed by atoms with Crippen molar-refractivity contribution in [1.29, 1.82) is 5.26 Å². The molecule has 1 aromatic carbocycles. The van der Waals surface area contributed by atoms with E-state index in [4.69, 9.17) is 5.26 Å². The Morgan fingerprint density at radius 2 is 1.81 bits per heavy atom. The number of aliphatic hydroxyl groups excluding tert-OH is 1. The van der Waals surface area contributed by atoms with Gasteiger partial charge in [-0.3, -0.25) is 4.90 Å². The normalized spacial score (nSPS) is 23.4. The molecule has 0 unspecified atom stereocenters. The molecule has 0 saturated carbocycles. The van der Waals surface area contributed by atoms with Crippen molar-refractivity contribution >= 4 is 11.8 Å². The van der Waals surface area contributed by atoms with Crippen molar-refractivity contribution in [3.05, 3.63) is 35.4 Å². The lowest BCUT2D eigenvalue weighted by molar-refractivity contribution is -0.0436. The van der Waals surface area contributed by atoms with E-state index in [1.165, 1.54) is 56.6 Å². The van der Waals surface area contributed by atoms with E-state index in [0.29, 0.717) is 23.5 Å². The predicted octanol–water partition coefficient (Wildman–Crippen LogP) is 3.21. The van der Waals surface area contributed by atoms with Crippen LogP contribution in [0.15, 0.2) is 24.3 Å². The van der Waals surface area contributed by atoms with Gasteiger partial charge in [-0.15, -0.1) is 0 Å². The van der Waals surface area contributed by atoms with Crippen molar-refractivity contribution in [1.82, 2.24) is 9.80 Å². The predicted molar refractivity (Wildman–Crippen MR) is 113 cm³/mol. The van der Waals surface area contributed by atoms with Crippen molar-refractivity contribution in [3.8, 4) is 6.07 Å². The minimum atomic E-state index is 0.302. The number of benzene rings is 1. The zero-order chi connectivity index (χ0) is 19.1. The smallest absolute Gasteiger partial charge is 0.0991 e. The van der Waals surface area contributed by atoms with Crippen LogP contribution in [-0.4, -0.2) is 66.2 Å². The van der Waals surface area contributed by atoms with Crippen molar-refractivity contribution in [2.75, 3.05) is 51.3 Å². The minimum Gasteiger partial charge on any atom is -0.396 e. The lowest BCUT2D eigenvalue weighted by Gasteiger charge is -2.51. The van der Waals surface area contributed by atoms with Gasteiger partial charge in [-0.1, -0.05) is 12.1 Å². The molecule has 148 valence electrons. The minimum absolute atomic E-state index is 0.302. The lowest BCUT2D eigenvalue weighted by atomic mass is 9.64. The molecule has 1 N–H and O–H groups in total. The van der Waals surface area contributed by atoms with Crippen molar-refractivity contribution in [2.45, 2.75) is 32.2 Å². The fraction of sp³-hybridized carbons (Fsp3) is 0.682. The van der Waals surface area contributed by atoms with Crippen LogP contribution in [0.3, 0.4) is 0 Å². The van der Waals surface area contributed by atoms with Crippen LogP contribution in [0.1, 0.15) is 36.8 Å². The molecule has 1 spiro atoms. The number of hydrogen-bond donors (Lipinski definition) is 1. The molecule has 2 fully saturated rings. The van der Waals surface area contributed by atoms with Gasteiger partial charge in [0.2, 0.25) is 0 Å². The maximum Gasteiger partial charge on any atom is 0.0991 e. The van der Waals surface area contributed by atoms with Gasteiger partial charge in [0.05, 0.1) is 11.6 Å². The fourth-order valence-corrected chi connectivity index (χ4v) is 5.25. The number of likely N-dealkylation sites (tertiary alicyclic amines) is 2. The summed E-state index contributed by atoms with van der Waals surface area (Å²) in [5, 5.41) is 19.1. The van der Waals surface area contributed by atoms with Crippen LogP contribution in [0, 0.1) is 22.7 Å². The molecule has 5 heteroatoms. The van der Waals surface area contributed by atoms with Crippen LogP contribution in [0.2, 0.25) is 0 Å². The van der Waals surface area contributed by atoms with E-state index >= 15 is 0 Å². The number of nitriles is 1. The summed E-state index contributed by atoms with van der Waals surface area (Å²) in [6, 6.07) is 10.1. The van der Waals surface area contributed by atoms with E-state index in [9.17, 15) is 5.11 Å². The summed E-state index contributed by atoms with van der Waals surface area (Å²) in [5.41, 5.74) is 2.31. The second kappa shape index (κ2) is 9.93. The largest absolute Gasteiger partial charge is 0.396 e. The zero-order valence-electron chi connectivity index (χ0n) is 16.6. The van der Waals surface area contributed by atoms with E-state index in [2.05, 4.69) is 34.3 Å².